The van der Waals surface area contributed by atoms with Gasteiger partial charge in [-0.3, -0.25) is 0 Å². The highest BCUT2D eigenvalue weighted by molar-refractivity contribution is 7.15. The van der Waals surface area contributed by atoms with E-state index in [1.165, 1.54) is 16.0 Å². The first-order chi connectivity index (χ1) is 7.60. The predicted molar refractivity (Wildman–Crippen MR) is 59.5 cm³/mol. The number of fused-ring (bicyclic) bond motifs is 1. The van der Waals surface area contributed by atoms with Crippen LogP contribution in [0.3, 0.4) is 0 Å². The van der Waals surface area contributed by atoms with Gasteiger partial charge >= 0.3 is 16.9 Å². The number of carbonyl (C=O) groups excluding carboxylic acids is 2. The number of aryl methyl sites for hydroxylation is 1. The first kappa shape index (κ1) is 11.2. The van der Waals surface area contributed by atoms with Crippen LogP contribution in [0, 0.1) is 5.92 Å². The second-order valence-corrected chi connectivity index (χ2v) is 4.73. The van der Waals surface area contributed by atoms with Crippen molar-refractivity contribution in [2.24, 2.45) is 5.92 Å². The van der Waals surface area contributed by atoms with Crippen molar-refractivity contribution in [3.63, 3.8) is 0 Å². The molecule has 5 nitrogen and oxygen atoms in total. The van der Waals surface area contributed by atoms with Gasteiger partial charge in [0.2, 0.25) is 0 Å². The van der Waals surface area contributed by atoms with Gasteiger partial charge in [-0.05, 0) is 25.2 Å². The van der Waals surface area contributed by atoms with Crippen LogP contribution in [0.5, 0.6) is 0 Å². The highest BCUT2D eigenvalue weighted by Crippen LogP contribution is 2.24. The van der Waals surface area contributed by atoms with E-state index in [1.807, 2.05) is 13.8 Å². The molecule has 1 aromatic rings. The summed E-state index contributed by atoms with van der Waals surface area (Å²) in [5.74, 6) is -0.969. The van der Waals surface area contributed by atoms with E-state index in [0.29, 0.717) is 11.7 Å². The molecule has 0 N–H and O–H groups in total. The highest BCUT2D eigenvalue weighted by atomic mass is 32.1. The molecule has 0 aliphatic carbocycles. The quantitative estimate of drug-likeness (QED) is 0.563. The Balaban J connectivity index is 2.55. The summed E-state index contributed by atoms with van der Waals surface area (Å²) >= 11 is 1.41. The molecule has 0 aromatic carbocycles. The lowest BCUT2D eigenvalue weighted by molar-refractivity contribution is -0.624. The zero-order valence-corrected chi connectivity index (χ0v) is 10.4. The second kappa shape index (κ2) is 3.93. The Bertz CT molecular complexity index is 455. The van der Waals surface area contributed by atoms with Crippen molar-refractivity contribution < 1.29 is 14.3 Å². The van der Waals surface area contributed by atoms with Crippen LogP contribution in [-0.4, -0.2) is 23.5 Å². The van der Waals surface area contributed by atoms with E-state index in [2.05, 4.69) is 5.10 Å². The Morgan fingerprint density at radius 3 is 2.69 bits per heavy atom. The fraction of sp³-hybridized carbons (Fsp3) is 0.600. The van der Waals surface area contributed by atoms with Crippen molar-refractivity contribution in [1.82, 2.24) is 5.10 Å². The SMILES string of the molecule is CCc1n[n+]2c(s1)N(CC)C(=O)C(C)C2=O. The molecule has 6 heteroatoms. The number of carbonyl (C=O) groups is 2. The second-order valence-electron chi connectivity index (χ2n) is 3.69. The van der Waals surface area contributed by atoms with Gasteiger partial charge in [0, 0.05) is 6.42 Å². The molecular weight excluding hydrogens is 226 g/mol. The average molecular weight is 240 g/mol. The molecule has 16 heavy (non-hydrogen) atoms. The third-order valence-corrected chi connectivity index (χ3v) is 3.85. The number of anilines is 1. The smallest absolute Gasteiger partial charge is 0.246 e. The van der Waals surface area contributed by atoms with E-state index >= 15 is 0 Å². The van der Waals surface area contributed by atoms with Gasteiger partial charge in [-0.15, -0.1) is 0 Å². The summed E-state index contributed by atoms with van der Waals surface area (Å²) in [7, 11) is 0. The molecule has 0 bridgehead atoms. The molecular formula is C10H14N3O2S+. The third-order valence-electron chi connectivity index (χ3n) is 2.67. The first-order valence-corrected chi connectivity index (χ1v) is 6.19. The van der Waals surface area contributed by atoms with E-state index in [9.17, 15) is 9.59 Å². The minimum Gasteiger partial charge on any atom is -0.246 e. The molecule has 0 saturated carbocycles. The first-order valence-electron chi connectivity index (χ1n) is 5.37. The lowest BCUT2D eigenvalue weighted by Gasteiger charge is -2.18. The summed E-state index contributed by atoms with van der Waals surface area (Å²) < 4.78 is 1.37. The fourth-order valence-corrected chi connectivity index (χ4v) is 2.71. The molecule has 0 fully saturated rings. The molecule has 1 atom stereocenters. The van der Waals surface area contributed by atoms with Crippen molar-refractivity contribution in [2.75, 3.05) is 11.4 Å². The normalized spacial score (nSPS) is 20.2. The summed E-state index contributed by atoms with van der Waals surface area (Å²) in [6.45, 7) is 6.09. The molecule has 0 spiro atoms. The topological polar surface area (TPSA) is 54.1 Å². The molecule has 2 heterocycles. The van der Waals surface area contributed by atoms with Crippen molar-refractivity contribution in [3.8, 4) is 0 Å². The van der Waals surface area contributed by atoms with Crippen molar-refractivity contribution >= 4 is 28.3 Å². The Kier molecular flexibility index (Phi) is 2.75. The monoisotopic (exact) mass is 240 g/mol. The summed E-state index contributed by atoms with van der Waals surface area (Å²) in [5, 5.41) is 5.75. The number of nitrogens with zero attached hydrogens (tertiary/aromatic N) is 3. The molecule has 1 aromatic heterocycles. The number of hydrogen-bond acceptors (Lipinski definition) is 4. The minimum atomic E-state index is -0.621. The minimum absolute atomic E-state index is 0.126. The zero-order valence-electron chi connectivity index (χ0n) is 9.56. The maximum absolute atomic E-state index is 11.9. The van der Waals surface area contributed by atoms with Crippen LogP contribution < -0.4 is 9.58 Å². The maximum atomic E-state index is 11.9. The molecule has 1 aliphatic rings. The number of rotatable bonds is 2. The molecule has 1 aliphatic heterocycles. The van der Waals surface area contributed by atoms with Gasteiger partial charge in [0.15, 0.2) is 5.92 Å². The van der Waals surface area contributed by atoms with Gasteiger partial charge in [0.25, 0.3) is 0 Å². The van der Waals surface area contributed by atoms with Crippen LogP contribution in [0.2, 0.25) is 0 Å². The van der Waals surface area contributed by atoms with Gasteiger partial charge in [-0.25, -0.2) is 9.59 Å². The number of aromatic nitrogens is 2. The molecule has 86 valence electrons. The molecule has 0 saturated heterocycles. The van der Waals surface area contributed by atoms with Crippen molar-refractivity contribution in [1.29, 1.82) is 0 Å². The van der Waals surface area contributed by atoms with Crippen LogP contribution >= 0.6 is 11.3 Å². The Morgan fingerprint density at radius 2 is 2.12 bits per heavy atom. The summed E-state index contributed by atoms with van der Waals surface area (Å²) in [6, 6.07) is 0. The standard InChI is InChI=1S/C10H14N3O2S/c1-4-7-11-13-9(15)6(3)8(14)12(5-2)10(13)16-7/h6H,4-5H2,1-3H3/q+1. The number of amides is 1. The molecule has 0 radical (unpaired) electrons. The van der Waals surface area contributed by atoms with Crippen LogP contribution in [0.1, 0.15) is 30.6 Å². The maximum Gasteiger partial charge on any atom is 0.374 e. The Hall–Kier alpha value is -1.30. The van der Waals surface area contributed by atoms with Gasteiger partial charge in [0.05, 0.1) is 6.54 Å². The van der Waals surface area contributed by atoms with Crippen LogP contribution in [0.25, 0.3) is 0 Å². The third kappa shape index (κ3) is 1.44. The molecule has 1 unspecified atom stereocenters. The van der Waals surface area contributed by atoms with E-state index in [0.717, 1.165) is 11.4 Å². The van der Waals surface area contributed by atoms with E-state index in [4.69, 9.17) is 0 Å². The summed E-state index contributed by atoms with van der Waals surface area (Å²) in [4.78, 5) is 25.4. The van der Waals surface area contributed by atoms with Gasteiger partial charge < -0.3 is 0 Å². The van der Waals surface area contributed by atoms with E-state index < -0.39 is 5.92 Å². The molecule has 2 rings (SSSR count). The van der Waals surface area contributed by atoms with Crippen molar-refractivity contribution in [2.45, 2.75) is 27.2 Å². The van der Waals surface area contributed by atoms with Crippen LogP contribution in [0.4, 0.5) is 5.13 Å². The zero-order chi connectivity index (χ0) is 11.9. The summed E-state index contributed by atoms with van der Waals surface area (Å²) in [5.41, 5.74) is 0. The van der Waals surface area contributed by atoms with Gasteiger partial charge in [0.1, 0.15) is 5.01 Å². The van der Waals surface area contributed by atoms with Crippen molar-refractivity contribution in [3.05, 3.63) is 5.01 Å². The number of hydrogen-bond donors (Lipinski definition) is 0. The molecule has 1 amide bonds. The van der Waals surface area contributed by atoms with Crippen LogP contribution in [-0.2, 0) is 11.2 Å². The lowest BCUT2D eigenvalue weighted by Crippen LogP contribution is -2.60. The van der Waals surface area contributed by atoms with E-state index in [-0.39, 0.29) is 11.8 Å². The van der Waals surface area contributed by atoms with Crippen LogP contribution in [0.15, 0.2) is 0 Å². The highest BCUT2D eigenvalue weighted by Gasteiger charge is 2.46. The van der Waals surface area contributed by atoms with Gasteiger partial charge in [-0.2, -0.15) is 4.90 Å². The Morgan fingerprint density at radius 1 is 1.44 bits per heavy atom. The largest absolute Gasteiger partial charge is 0.374 e. The fourth-order valence-electron chi connectivity index (χ4n) is 1.69. The summed E-state index contributed by atoms with van der Waals surface area (Å²) in [6.07, 6.45) is 0.776. The van der Waals surface area contributed by atoms with E-state index in [1.54, 1.807) is 11.8 Å². The van der Waals surface area contributed by atoms with Gasteiger partial charge in [-0.1, -0.05) is 16.7 Å². The predicted octanol–water partition coefficient (Wildman–Crippen LogP) is 0.636. The average Bonchev–Trinajstić information content (AvgIpc) is 2.71. The lowest BCUT2D eigenvalue weighted by atomic mass is 10.1. The Labute approximate surface area is 97.7 Å².